The molecule has 0 amide bonds. The molecule has 0 unspecified atom stereocenters. The van der Waals surface area contributed by atoms with Gasteiger partial charge in [-0.1, -0.05) is 63.6 Å². The first kappa shape index (κ1) is 21.4. The van der Waals surface area contributed by atoms with Gasteiger partial charge in [0, 0.05) is 0 Å². The molecule has 0 aliphatic heterocycles. The van der Waals surface area contributed by atoms with E-state index < -0.39 is 5.54 Å². The molecule has 0 saturated heterocycles. The lowest BCUT2D eigenvalue weighted by atomic mass is 9.81. The average Bonchev–Trinajstić information content (AvgIpc) is 2.86. The van der Waals surface area contributed by atoms with Crippen LogP contribution in [0, 0.1) is 0 Å². The summed E-state index contributed by atoms with van der Waals surface area (Å²) in [5.41, 5.74) is 9.63. The van der Waals surface area contributed by atoms with Gasteiger partial charge in [-0.25, -0.2) is 0 Å². The van der Waals surface area contributed by atoms with Crippen molar-refractivity contribution in [1.29, 1.82) is 0 Å². The number of aryl methyl sites for hydroxylation is 2. The van der Waals surface area contributed by atoms with Crippen molar-refractivity contribution in [2.75, 3.05) is 13.2 Å². The van der Waals surface area contributed by atoms with Crippen molar-refractivity contribution in [3.05, 3.63) is 34.9 Å². The molecular weight excluding hydrogens is 322 g/mol. The summed E-state index contributed by atoms with van der Waals surface area (Å²) >= 11 is 0. The van der Waals surface area contributed by atoms with Gasteiger partial charge >= 0.3 is 0 Å². The van der Waals surface area contributed by atoms with Gasteiger partial charge in [0.15, 0.2) is 0 Å². The number of fused-ring (bicyclic) bond motifs is 1. The van der Waals surface area contributed by atoms with Crippen molar-refractivity contribution in [2.24, 2.45) is 5.73 Å². The molecule has 0 radical (unpaired) electrons. The normalized spacial score (nSPS) is 17.8. The Labute approximate surface area is 160 Å². The van der Waals surface area contributed by atoms with Crippen LogP contribution >= 0.6 is 0 Å². The molecule has 1 aromatic carbocycles. The fraction of sp³-hybridized carbons (Fsp3) is 0.739. The number of nitrogens with two attached hydrogens (primary N) is 1. The maximum absolute atomic E-state index is 9.57. The molecular formula is C23H39NO2. The van der Waals surface area contributed by atoms with Crippen LogP contribution in [-0.4, -0.2) is 29.0 Å². The predicted molar refractivity (Wildman–Crippen MR) is 110 cm³/mol. The van der Waals surface area contributed by atoms with Crippen LogP contribution in [0.3, 0.4) is 0 Å². The van der Waals surface area contributed by atoms with Crippen molar-refractivity contribution in [3.63, 3.8) is 0 Å². The minimum Gasteiger partial charge on any atom is -0.394 e. The second kappa shape index (κ2) is 11.1. The lowest BCUT2D eigenvalue weighted by molar-refractivity contribution is 0.107. The Balaban J connectivity index is 1.98. The Morgan fingerprint density at radius 1 is 1.04 bits per heavy atom. The zero-order valence-electron chi connectivity index (χ0n) is 16.7. The van der Waals surface area contributed by atoms with Gasteiger partial charge in [0.1, 0.15) is 0 Å². The van der Waals surface area contributed by atoms with Gasteiger partial charge < -0.3 is 15.9 Å². The summed E-state index contributed by atoms with van der Waals surface area (Å²) in [6.45, 7) is 1.94. The predicted octanol–water partition coefficient (Wildman–Crippen LogP) is 4.47. The molecule has 0 fully saturated rings. The number of benzene rings is 1. The van der Waals surface area contributed by atoms with Gasteiger partial charge in [-0.2, -0.15) is 0 Å². The van der Waals surface area contributed by atoms with Gasteiger partial charge in [-0.3, -0.25) is 0 Å². The van der Waals surface area contributed by atoms with Crippen LogP contribution in [0.1, 0.15) is 93.7 Å². The molecule has 0 aromatic heterocycles. The van der Waals surface area contributed by atoms with Crippen LogP contribution in [-0.2, 0) is 12.8 Å². The van der Waals surface area contributed by atoms with E-state index in [1.165, 1.54) is 74.5 Å². The number of rotatable bonds is 11. The molecule has 0 saturated carbocycles. The van der Waals surface area contributed by atoms with Crippen molar-refractivity contribution in [2.45, 2.75) is 95.4 Å². The first-order valence-electron chi connectivity index (χ1n) is 10.7. The third-order valence-corrected chi connectivity index (χ3v) is 6.00. The van der Waals surface area contributed by atoms with E-state index in [1.54, 1.807) is 0 Å². The van der Waals surface area contributed by atoms with Crippen LogP contribution in [0.25, 0.3) is 0 Å². The summed E-state index contributed by atoms with van der Waals surface area (Å²) in [6, 6.07) is 7.00. The molecule has 1 aromatic rings. The number of aliphatic hydroxyl groups is 2. The Kier molecular flexibility index (Phi) is 9.10. The van der Waals surface area contributed by atoms with Crippen LogP contribution in [0.5, 0.6) is 0 Å². The van der Waals surface area contributed by atoms with Crippen molar-refractivity contribution < 1.29 is 10.2 Å². The first-order valence-corrected chi connectivity index (χ1v) is 10.7. The number of hydrogen-bond donors (Lipinski definition) is 3. The van der Waals surface area contributed by atoms with E-state index >= 15 is 0 Å². The molecule has 1 atom stereocenters. The molecule has 0 bridgehead atoms. The third-order valence-electron chi connectivity index (χ3n) is 6.00. The van der Waals surface area contributed by atoms with E-state index in [2.05, 4.69) is 25.1 Å². The summed E-state index contributed by atoms with van der Waals surface area (Å²) in [5.74, 6) is 0.347. The molecule has 3 heteroatoms. The Morgan fingerprint density at radius 3 is 2.50 bits per heavy atom. The summed E-state index contributed by atoms with van der Waals surface area (Å²) < 4.78 is 0. The zero-order chi connectivity index (χ0) is 18.8. The Bertz CT molecular complexity index is 525. The second-order valence-corrected chi connectivity index (χ2v) is 8.38. The van der Waals surface area contributed by atoms with Crippen LogP contribution in [0.15, 0.2) is 18.2 Å². The van der Waals surface area contributed by atoms with Crippen molar-refractivity contribution in [3.8, 4) is 0 Å². The summed E-state index contributed by atoms with van der Waals surface area (Å²) in [5, 5.41) is 19.1. The summed E-state index contributed by atoms with van der Waals surface area (Å²) in [4.78, 5) is 0. The SMILES string of the molecule is CCCCCCCCc1ccc2c(c1)CCCC[C@@H]2CC(N)(CO)CO. The quantitative estimate of drug-likeness (QED) is 0.402. The molecule has 4 N–H and O–H groups in total. The molecule has 1 aliphatic rings. The maximum atomic E-state index is 9.57. The molecule has 0 heterocycles. The van der Waals surface area contributed by atoms with Crippen LogP contribution in [0.2, 0.25) is 0 Å². The first-order chi connectivity index (χ1) is 12.6. The van der Waals surface area contributed by atoms with Gasteiger partial charge in [0.25, 0.3) is 0 Å². The molecule has 1 aliphatic carbocycles. The maximum Gasteiger partial charge on any atom is 0.0633 e. The van der Waals surface area contributed by atoms with E-state index in [4.69, 9.17) is 5.73 Å². The largest absolute Gasteiger partial charge is 0.394 e. The monoisotopic (exact) mass is 361 g/mol. The molecule has 3 nitrogen and oxygen atoms in total. The van der Waals surface area contributed by atoms with Crippen molar-refractivity contribution >= 4 is 0 Å². The van der Waals surface area contributed by atoms with E-state index in [1.807, 2.05) is 0 Å². The van der Waals surface area contributed by atoms with Gasteiger partial charge in [-0.05, 0) is 61.1 Å². The summed E-state index contributed by atoms with van der Waals surface area (Å²) in [7, 11) is 0. The fourth-order valence-corrected chi connectivity index (χ4v) is 4.28. The molecule has 2 rings (SSSR count). The highest BCUT2D eigenvalue weighted by molar-refractivity contribution is 5.36. The summed E-state index contributed by atoms with van der Waals surface area (Å²) in [6.07, 6.45) is 14.5. The molecule has 0 spiro atoms. The highest BCUT2D eigenvalue weighted by atomic mass is 16.3. The smallest absolute Gasteiger partial charge is 0.0633 e. The minimum absolute atomic E-state index is 0.161. The number of aliphatic hydroxyl groups excluding tert-OH is 2. The lowest BCUT2D eigenvalue weighted by Gasteiger charge is -2.30. The molecule has 148 valence electrons. The van der Waals surface area contributed by atoms with E-state index in [-0.39, 0.29) is 13.2 Å². The number of unbranched alkanes of at least 4 members (excludes halogenated alkanes) is 5. The van der Waals surface area contributed by atoms with Crippen LogP contribution < -0.4 is 5.73 Å². The number of hydrogen-bond acceptors (Lipinski definition) is 3. The molecule has 26 heavy (non-hydrogen) atoms. The topological polar surface area (TPSA) is 66.5 Å². The lowest BCUT2D eigenvalue weighted by Crippen LogP contribution is -2.48. The van der Waals surface area contributed by atoms with E-state index in [9.17, 15) is 10.2 Å². The van der Waals surface area contributed by atoms with Crippen molar-refractivity contribution in [1.82, 2.24) is 0 Å². The van der Waals surface area contributed by atoms with E-state index in [0.29, 0.717) is 12.3 Å². The second-order valence-electron chi connectivity index (χ2n) is 8.38. The van der Waals surface area contributed by atoms with Gasteiger partial charge in [0.2, 0.25) is 0 Å². The highest BCUT2D eigenvalue weighted by Crippen LogP contribution is 2.36. The van der Waals surface area contributed by atoms with Crippen LogP contribution in [0.4, 0.5) is 0 Å². The standard InChI is InChI=1S/C23H39NO2/c1-2-3-4-5-6-7-10-19-13-14-22-20(15-19)11-8-9-12-21(22)16-23(24,17-25)18-26/h13-15,21,25-26H,2-12,16-18,24H2,1H3/t21-/m1/s1. The van der Waals surface area contributed by atoms with Gasteiger partial charge in [0.05, 0.1) is 18.8 Å². The highest BCUT2D eigenvalue weighted by Gasteiger charge is 2.30. The Hall–Kier alpha value is -0.900. The Morgan fingerprint density at radius 2 is 1.77 bits per heavy atom. The third kappa shape index (κ3) is 6.37. The zero-order valence-corrected chi connectivity index (χ0v) is 16.7. The average molecular weight is 362 g/mol. The van der Waals surface area contributed by atoms with Gasteiger partial charge in [-0.15, -0.1) is 0 Å². The minimum atomic E-state index is -0.872. The van der Waals surface area contributed by atoms with E-state index in [0.717, 1.165) is 12.8 Å². The fourth-order valence-electron chi connectivity index (χ4n) is 4.28.